The molecule has 0 amide bonds. The zero-order valence-corrected chi connectivity index (χ0v) is 8.04. The normalized spacial score (nSPS) is 16.9. The number of nitrogens with zero attached hydrogens (tertiary/aromatic N) is 1. The highest BCUT2D eigenvalue weighted by atomic mass is 15.1. The van der Waals surface area contributed by atoms with Crippen molar-refractivity contribution in [2.45, 2.75) is 6.54 Å². The average molecular weight is 174 g/mol. The van der Waals surface area contributed by atoms with Gasteiger partial charge >= 0.3 is 0 Å². The summed E-state index contributed by atoms with van der Waals surface area (Å²) in [5.41, 5.74) is 3.94. The largest absolute Gasteiger partial charge is 0.382 e. The molecule has 1 aliphatic rings. The summed E-state index contributed by atoms with van der Waals surface area (Å²) in [5.74, 6) is 0. The summed E-state index contributed by atoms with van der Waals surface area (Å²) in [6.07, 6.45) is 2.12. The minimum Gasteiger partial charge on any atom is -0.382 e. The van der Waals surface area contributed by atoms with Crippen molar-refractivity contribution in [1.29, 1.82) is 0 Å². The van der Waals surface area contributed by atoms with E-state index in [2.05, 4.69) is 40.7 Å². The zero-order valence-electron chi connectivity index (χ0n) is 8.04. The fourth-order valence-electron chi connectivity index (χ4n) is 1.60. The van der Waals surface area contributed by atoms with E-state index in [4.69, 9.17) is 0 Å². The maximum absolute atomic E-state index is 3.37. The van der Waals surface area contributed by atoms with E-state index >= 15 is 0 Å². The molecule has 2 rings (SSSR count). The Morgan fingerprint density at radius 2 is 2.08 bits per heavy atom. The first-order valence-corrected chi connectivity index (χ1v) is 4.48. The van der Waals surface area contributed by atoms with Gasteiger partial charge in [0.15, 0.2) is 0 Å². The molecular weight excluding hydrogens is 160 g/mol. The first kappa shape index (κ1) is 8.17. The van der Waals surface area contributed by atoms with Crippen LogP contribution >= 0.6 is 0 Å². The van der Waals surface area contributed by atoms with Gasteiger partial charge in [0, 0.05) is 32.4 Å². The van der Waals surface area contributed by atoms with Crippen LogP contribution < -0.4 is 5.32 Å². The summed E-state index contributed by atoms with van der Waals surface area (Å²) in [6, 6.07) is 8.48. The van der Waals surface area contributed by atoms with Crippen molar-refractivity contribution in [3.63, 3.8) is 0 Å². The molecule has 0 bridgehead atoms. The van der Waals surface area contributed by atoms with Crippen LogP contribution in [0, 0.1) is 0 Å². The van der Waals surface area contributed by atoms with E-state index in [1.807, 2.05) is 14.1 Å². The van der Waals surface area contributed by atoms with Crippen molar-refractivity contribution in [1.82, 2.24) is 10.2 Å². The summed E-state index contributed by atoms with van der Waals surface area (Å²) in [7, 11) is 4.07. The van der Waals surface area contributed by atoms with Crippen molar-refractivity contribution in [3.8, 4) is 0 Å². The summed E-state index contributed by atoms with van der Waals surface area (Å²) >= 11 is 0. The second-order valence-electron chi connectivity index (χ2n) is 3.52. The summed E-state index contributed by atoms with van der Waals surface area (Å²) in [4.78, 5) is 2.06. The molecule has 68 valence electrons. The molecule has 1 aromatic carbocycles. The van der Waals surface area contributed by atoms with Crippen LogP contribution in [0.5, 0.6) is 0 Å². The van der Waals surface area contributed by atoms with Gasteiger partial charge in [-0.1, -0.05) is 24.3 Å². The van der Waals surface area contributed by atoms with E-state index in [9.17, 15) is 0 Å². The van der Waals surface area contributed by atoms with Crippen LogP contribution in [0.4, 0.5) is 0 Å². The van der Waals surface area contributed by atoms with Crippen LogP contribution in [0.15, 0.2) is 30.5 Å². The number of benzene rings is 1. The molecule has 0 unspecified atom stereocenters. The Hall–Kier alpha value is -1.44. The molecule has 0 saturated heterocycles. The number of fused-ring (bicyclic) bond motifs is 1. The van der Waals surface area contributed by atoms with Gasteiger partial charge < -0.3 is 10.2 Å². The van der Waals surface area contributed by atoms with Crippen molar-refractivity contribution in [2.75, 3.05) is 14.1 Å². The second-order valence-corrected chi connectivity index (χ2v) is 3.52. The van der Waals surface area contributed by atoms with Gasteiger partial charge in [0.05, 0.1) is 5.70 Å². The zero-order chi connectivity index (χ0) is 9.26. The first-order chi connectivity index (χ1) is 6.27. The SMILES string of the molecule is CN(C)/C=C1/NCc2ccccc21. The topological polar surface area (TPSA) is 15.3 Å². The highest BCUT2D eigenvalue weighted by Gasteiger charge is 2.13. The molecule has 0 spiro atoms. The van der Waals surface area contributed by atoms with Crippen LogP contribution in [0.2, 0.25) is 0 Å². The molecule has 1 N–H and O–H groups in total. The molecule has 2 heteroatoms. The van der Waals surface area contributed by atoms with E-state index < -0.39 is 0 Å². The third kappa shape index (κ3) is 1.52. The predicted octanol–water partition coefficient (Wildman–Crippen LogP) is 1.65. The minimum absolute atomic E-state index is 0.954. The van der Waals surface area contributed by atoms with Crippen LogP contribution in [0.25, 0.3) is 5.70 Å². The van der Waals surface area contributed by atoms with E-state index in [1.54, 1.807) is 0 Å². The quantitative estimate of drug-likeness (QED) is 0.696. The van der Waals surface area contributed by atoms with Gasteiger partial charge in [0.25, 0.3) is 0 Å². The van der Waals surface area contributed by atoms with Crippen molar-refractivity contribution >= 4 is 5.70 Å². The Bertz CT molecular complexity index is 340. The number of hydrogen-bond acceptors (Lipinski definition) is 2. The molecule has 2 nitrogen and oxygen atoms in total. The third-order valence-corrected chi connectivity index (χ3v) is 2.16. The second kappa shape index (κ2) is 3.13. The van der Waals surface area contributed by atoms with Gasteiger partial charge in [0.1, 0.15) is 0 Å². The van der Waals surface area contributed by atoms with Crippen LogP contribution in [-0.2, 0) is 6.54 Å². The summed E-state index contributed by atoms with van der Waals surface area (Å²) in [6.45, 7) is 0.954. The Balaban J connectivity index is 2.38. The fraction of sp³-hybridized carbons (Fsp3) is 0.273. The van der Waals surface area contributed by atoms with Crippen LogP contribution in [0.1, 0.15) is 11.1 Å². The average Bonchev–Trinajstić information content (AvgIpc) is 2.48. The van der Waals surface area contributed by atoms with E-state index in [1.165, 1.54) is 16.8 Å². The Kier molecular flexibility index (Phi) is 1.97. The van der Waals surface area contributed by atoms with Crippen molar-refractivity contribution < 1.29 is 0 Å². The molecule has 0 aliphatic carbocycles. The molecule has 0 radical (unpaired) electrons. The predicted molar refractivity (Wildman–Crippen MR) is 54.9 cm³/mol. The van der Waals surface area contributed by atoms with E-state index in [-0.39, 0.29) is 0 Å². The highest BCUT2D eigenvalue weighted by molar-refractivity contribution is 5.70. The molecule has 1 aliphatic heterocycles. The third-order valence-electron chi connectivity index (χ3n) is 2.16. The summed E-state index contributed by atoms with van der Waals surface area (Å²) in [5, 5.41) is 3.37. The van der Waals surface area contributed by atoms with Crippen LogP contribution in [0.3, 0.4) is 0 Å². The maximum atomic E-state index is 3.37. The lowest BCUT2D eigenvalue weighted by atomic mass is 10.1. The molecule has 0 fully saturated rings. The Morgan fingerprint density at radius 3 is 2.85 bits per heavy atom. The van der Waals surface area contributed by atoms with Crippen molar-refractivity contribution in [3.05, 3.63) is 41.6 Å². The molecule has 0 atom stereocenters. The monoisotopic (exact) mass is 174 g/mol. The molecule has 13 heavy (non-hydrogen) atoms. The highest BCUT2D eigenvalue weighted by Crippen LogP contribution is 2.23. The number of hydrogen-bond donors (Lipinski definition) is 1. The molecule has 0 saturated carbocycles. The maximum Gasteiger partial charge on any atom is 0.0581 e. The van der Waals surface area contributed by atoms with Gasteiger partial charge in [-0.25, -0.2) is 0 Å². The number of rotatable bonds is 1. The lowest BCUT2D eigenvalue weighted by Crippen LogP contribution is -2.08. The van der Waals surface area contributed by atoms with Gasteiger partial charge in [0.2, 0.25) is 0 Å². The standard InChI is InChI=1S/C11H14N2/c1-13(2)8-11-10-6-4-3-5-9(10)7-12-11/h3-6,8,12H,7H2,1-2H3/b11-8+. The molecule has 1 heterocycles. The van der Waals surface area contributed by atoms with E-state index in [0.29, 0.717) is 0 Å². The smallest absolute Gasteiger partial charge is 0.0581 e. The van der Waals surface area contributed by atoms with Gasteiger partial charge in [-0.15, -0.1) is 0 Å². The number of nitrogens with one attached hydrogen (secondary N) is 1. The van der Waals surface area contributed by atoms with E-state index in [0.717, 1.165) is 6.54 Å². The summed E-state index contributed by atoms with van der Waals surface area (Å²) < 4.78 is 0. The fourth-order valence-corrected chi connectivity index (χ4v) is 1.60. The lowest BCUT2D eigenvalue weighted by Gasteiger charge is -2.07. The molecule has 0 aromatic heterocycles. The first-order valence-electron chi connectivity index (χ1n) is 4.48. The Labute approximate surface area is 78.9 Å². The minimum atomic E-state index is 0.954. The lowest BCUT2D eigenvalue weighted by molar-refractivity contribution is 0.563. The van der Waals surface area contributed by atoms with Gasteiger partial charge in [-0.2, -0.15) is 0 Å². The molecular formula is C11H14N2. The van der Waals surface area contributed by atoms with Gasteiger partial charge in [-0.3, -0.25) is 0 Å². The van der Waals surface area contributed by atoms with Gasteiger partial charge in [-0.05, 0) is 5.56 Å². The molecule has 1 aromatic rings. The van der Waals surface area contributed by atoms with Crippen LogP contribution in [-0.4, -0.2) is 19.0 Å². The van der Waals surface area contributed by atoms with Crippen molar-refractivity contribution in [2.24, 2.45) is 0 Å². The Morgan fingerprint density at radius 1 is 1.31 bits per heavy atom.